The molecule has 1 saturated heterocycles. The molecule has 1 aliphatic carbocycles. The smallest absolute Gasteiger partial charge is 0.258 e. The molecule has 6 heteroatoms. The van der Waals surface area contributed by atoms with Crippen molar-refractivity contribution in [1.82, 2.24) is 15.5 Å². The summed E-state index contributed by atoms with van der Waals surface area (Å²) < 4.78 is 5.57. The summed E-state index contributed by atoms with van der Waals surface area (Å²) in [6, 6.07) is 8.39. The van der Waals surface area contributed by atoms with Gasteiger partial charge in [-0.15, -0.1) is 0 Å². The van der Waals surface area contributed by atoms with Crippen LogP contribution in [-0.4, -0.2) is 56.1 Å². The third-order valence-corrected chi connectivity index (χ3v) is 6.38. The van der Waals surface area contributed by atoms with Gasteiger partial charge in [0.25, 0.3) is 5.91 Å². The van der Waals surface area contributed by atoms with Crippen molar-refractivity contribution in [3.05, 3.63) is 29.8 Å². The topological polar surface area (TPSA) is 66.0 Å². The van der Waals surface area contributed by atoms with Crippen molar-refractivity contribution < 1.29 is 9.53 Å². The van der Waals surface area contributed by atoms with E-state index in [1.165, 1.54) is 24.8 Å². The van der Waals surface area contributed by atoms with Gasteiger partial charge in [0.05, 0.1) is 0 Å². The zero-order valence-electron chi connectivity index (χ0n) is 18.8. The lowest BCUT2D eigenvalue weighted by Crippen LogP contribution is -2.41. The number of ether oxygens (including phenoxy) is 1. The van der Waals surface area contributed by atoms with Crippen LogP contribution in [0.1, 0.15) is 51.5 Å². The minimum atomic E-state index is -0.0366. The van der Waals surface area contributed by atoms with E-state index in [2.05, 4.69) is 46.5 Å². The molecule has 1 aliphatic heterocycles. The maximum Gasteiger partial charge on any atom is 0.258 e. The van der Waals surface area contributed by atoms with Gasteiger partial charge >= 0.3 is 0 Å². The molecule has 1 heterocycles. The monoisotopic (exact) mass is 414 g/mol. The number of hydrogen-bond acceptors (Lipinski definition) is 3. The second-order valence-electron chi connectivity index (χ2n) is 8.57. The number of nitrogens with zero attached hydrogens (tertiary/aromatic N) is 2. The van der Waals surface area contributed by atoms with Crippen molar-refractivity contribution in [3.63, 3.8) is 0 Å². The van der Waals surface area contributed by atoms with Gasteiger partial charge in [-0.2, -0.15) is 0 Å². The van der Waals surface area contributed by atoms with Gasteiger partial charge in [0.1, 0.15) is 5.75 Å². The second kappa shape index (κ2) is 11.2. The van der Waals surface area contributed by atoms with Gasteiger partial charge in [-0.3, -0.25) is 9.79 Å². The number of benzene rings is 1. The van der Waals surface area contributed by atoms with Crippen LogP contribution in [0.5, 0.6) is 5.75 Å². The molecule has 2 N–H and O–H groups in total. The third kappa shape index (κ3) is 6.64. The van der Waals surface area contributed by atoms with Crippen LogP contribution in [0.25, 0.3) is 0 Å². The quantitative estimate of drug-likeness (QED) is 0.456. The van der Waals surface area contributed by atoms with E-state index in [4.69, 9.17) is 4.74 Å². The van der Waals surface area contributed by atoms with E-state index < -0.39 is 0 Å². The van der Waals surface area contributed by atoms with Gasteiger partial charge in [-0.05, 0) is 55.2 Å². The fourth-order valence-electron chi connectivity index (χ4n) is 4.37. The number of carbonyl (C=O) groups is 1. The first-order valence-corrected chi connectivity index (χ1v) is 11.6. The van der Waals surface area contributed by atoms with Crippen molar-refractivity contribution in [2.24, 2.45) is 16.8 Å². The van der Waals surface area contributed by atoms with Crippen molar-refractivity contribution in [2.75, 3.05) is 33.3 Å². The van der Waals surface area contributed by atoms with Crippen LogP contribution in [0.3, 0.4) is 0 Å². The Balaban J connectivity index is 1.38. The first-order chi connectivity index (χ1) is 14.6. The van der Waals surface area contributed by atoms with E-state index in [0.717, 1.165) is 62.4 Å². The van der Waals surface area contributed by atoms with Crippen molar-refractivity contribution in [1.29, 1.82) is 0 Å². The van der Waals surface area contributed by atoms with E-state index in [-0.39, 0.29) is 12.5 Å². The molecule has 0 aromatic heterocycles. The molecule has 1 unspecified atom stereocenters. The van der Waals surface area contributed by atoms with Gasteiger partial charge in [-0.1, -0.05) is 38.8 Å². The molecule has 2 fully saturated rings. The highest BCUT2D eigenvalue weighted by atomic mass is 16.5. The van der Waals surface area contributed by atoms with E-state index in [1.807, 2.05) is 19.2 Å². The first-order valence-electron chi connectivity index (χ1n) is 11.6. The lowest BCUT2D eigenvalue weighted by atomic mass is 9.87. The van der Waals surface area contributed by atoms with Crippen LogP contribution in [0.15, 0.2) is 29.3 Å². The summed E-state index contributed by atoms with van der Waals surface area (Å²) in [5.41, 5.74) is 1.24. The number of aliphatic imine (C=N–C) groups is 1. The van der Waals surface area contributed by atoms with Crippen LogP contribution in [0.2, 0.25) is 0 Å². The Bertz CT molecular complexity index is 696. The standard InChI is InChI=1S/C24H38N4O2/c1-4-19(5-2)20-13-15-28(16-20)24(25-3)26-14-12-18-6-10-22(11-7-18)30-17-23(29)27-21-8-9-21/h6-7,10-11,19-21H,4-5,8-9,12-17H2,1-3H3,(H,25,26)(H,27,29). The highest BCUT2D eigenvalue weighted by molar-refractivity contribution is 5.80. The minimum Gasteiger partial charge on any atom is -0.484 e. The number of carbonyl (C=O) groups excluding carboxylic acids is 1. The summed E-state index contributed by atoms with van der Waals surface area (Å²) in [5.74, 6) is 3.33. The molecule has 6 nitrogen and oxygen atoms in total. The average Bonchev–Trinajstić information content (AvgIpc) is 3.45. The molecule has 1 aromatic rings. The van der Waals surface area contributed by atoms with Gasteiger partial charge in [0.15, 0.2) is 12.6 Å². The van der Waals surface area contributed by atoms with Crippen molar-refractivity contribution in [2.45, 2.75) is 58.4 Å². The molecular formula is C24H38N4O2. The molecule has 0 radical (unpaired) electrons. The second-order valence-corrected chi connectivity index (χ2v) is 8.57. The number of amides is 1. The Morgan fingerprint density at radius 1 is 1.20 bits per heavy atom. The Labute approximate surface area is 181 Å². The predicted octanol–water partition coefficient (Wildman–Crippen LogP) is 3.22. The first kappa shape index (κ1) is 22.4. The molecule has 0 spiro atoms. The summed E-state index contributed by atoms with van der Waals surface area (Å²) in [6.45, 7) is 7.77. The number of nitrogens with one attached hydrogen (secondary N) is 2. The van der Waals surface area contributed by atoms with Crippen LogP contribution >= 0.6 is 0 Å². The maximum atomic E-state index is 11.7. The molecule has 30 heavy (non-hydrogen) atoms. The van der Waals surface area contributed by atoms with E-state index in [1.54, 1.807) is 0 Å². The number of rotatable bonds is 10. The molecule has 166 valence electrons. The Kier molecular flexibility index (Phi) is 8.40. The fraction of sp³-hybridized carbons (Fsp3) is 0.667. The zero-order valence-corrected chi connectivity index (χ0v) is 18.8. The van der Waals surface area contributed by atoms with Gasteiger partial charge in [0, 0.05) is 32.7 Å². The van der Waals surface area contributed by atoms with E-state index in [0.29, 0.717) is 6.04 Å². The number of likely N-dealkylation sites (tertiary alicyclic amines) is 1. The molecule has 2 aliphatic rings. The molecule has 1 amide bonds. The third-order valence-electron chi connectivity index (χ3n) is 6.38. The number of hydrogen-bond donors (Lipinski definition) is 2. The van der Waals surface area contributed by atoms with Gasteiger partial charge in [0.2, 0.25) is 0 Å². The zero-order chi connectivity index (χ0) is 21.3. The molecule has 0 bridgehead atoms. The summed E-state index contributed by atoms with van der Waals surface area (Å²) in [5, 5.41) is 6.46. The minimum absolute atomic E-state index is 0.0366. The summed E-state index contributed by atoms with van der Waals surface area (Å²) in [4.78, 5) is 18.6. The van der Waals surface area contributed by atoms with Crippen LogP contribution in [0, 0.1) is 11.8 Å². The van der Waals surface area contributed by atoms with E-state index >= 15 is 0 Å². The SMILES string of the molecule is CCC(CC)C1CCN(C(=NC)NCCc2ccc(OCC(=O)NC3CC3)cc2)C1. The Morgan fingerprint density at radius 3 is 2.57 bits per heavy atom. The highest BCUT2D eigenvalue weighted by Crippen LogP contribution is 2.28. The average molecular weight is 415 g/mol. The summed E-state index contributed by atoms with van der Waals surface area (Å²) >= 11 is 0. The molecule has 3 rings (SSSR count). The Morgan fingerprint density at radius 2 is 1.93 bits per heavy atom. The normalized spacial score (nSPS) is 19.3. The van der Waals surface area contributed by atoms with Crippen molar-refractivity contribution in [3.8, 4) is 5.75 Å². The molecule has 1 saturated carbocycles. The van der Waals surface area contributed by atoms with Crippen LogP contribution < -0.4 is 15.4 Å². The molecular weight excluding hydrogens is 376 g/mol. The maximum absolute atomic E-state index is 11.7. The summed E-state index contributed by atoms with van der Waals surface area (Å²) in [7, 11) is 1.87. The lowest BCUT2D eigenvalue weighted by molar-refractivity contribution is -0.123. The van der Waals surface area contributed by atoms with E-state index in [9.17, 15) is 4.79 Å². The van der Waals surface area contributed by atoms with Crippen LogP contribution in [0.4, 0.5) is 0 Å². The van der Waals surface area contributed by atoms with Crippen LogP contribution in [-0.2, 0) is 11.2 Å². The molecule has 1 aromatic carbocycles. The predicted molar refractivity (Wildman–Crippen MR) is 122 cm³/mol. The summed E-state index contributed by atoms with van der Waals surface area (Å²) in [6.07, 6.45) is 6.92. The Hall–Kier alpha value is -2.24. The molecule has 1 atom stereocenters. The number of guanidine groups is 1. The fourth-order valence-corrected chi connectivity index (χ4v) is 4.37. The van der Waals surface area contributed by atoms with Gasteiger partial charge < -0.3 is 20.3 Å². The highest BCUT2D eigenvalue weighted by Gasteiger charge is 2.29. The van der Waals surface area contributed by atoms with Gasteiger partial charge in [-0.25, -0.2) is 0 Å². The lowest BCUT2D eigenvalue weighted by Gasteiger charge is -2.24. The van der Waals surface area contributed by atoms with Crippen molar-refractivity contribution >= 4 is 11.9 Å². The largest absolute Gasteiger partial charge is 0.484 e.